The number of likely N-dealkylation sites (tertiary alicyclic amines) is 1. The number of ketones is 1. The summed E-state index contributed by atoms with van der Waals surface area (Å²) in [5, 5.41) is 3.24. The summed E-state index contributed by atoms with van der Waals surface area (Å²) in [7, 11) is -4.40. The van der Waals surface area contributed by atoms with Gasteiger partial charge in [0.1, 0.15) is 24.5 Å². The van der Waals surface area contributed by atoms with Crippen LogP contribution in [0.1, 0.15) is 29.3 Å². The number of carbonyl (C=O) groups is 3. The Morgan fingerprint density at radius 3 is 2.58 bits per heavy atom. The summed E-state index contributed by atoms with van der Waals surface area (Å²) in [6.07, 6.45) is -0.132. The number of benzene rings is 2. The molecule has 2 aromatic carbocycles. The molecule has 1 aliphatic heterocycles. The maximum absolute atomic E-state index is 14.3. The van der Waals surface area contributed by atoms with Crippen LogP contribution < -0.4 is 10.1 Å². The zero-order valence-corrected chi connectivity index (χ0v) is 21.6. The maximum atomic E-state index is 14.3. The van der Waals surface area contributed by atoms with Crippen molar-refractivity contribution in [2.75, 3.05) is 19.4 Å². The minimum Gasteiger partial charge on any atom is -0.481 e. The number of nitrogens with zero attached hydrogens (tertiary/aromatic N) is 2. The molecule has 0 aliphatic carbocycles. The molecule has 3 N–H and O–H groups in total. The molecule has 10 nitrogen and oxygen atoms in total. The van der Waals surface area contributed by atoms with Gasteiger partial charge >= 0.3 is 7.60 Å². The number of carbonyl (C=O) groups excluding carboxylic acids is 3. The fourth-order valence-corrected chi connectivity index (χ4v) is 4.89. The van der Waals surface area contributed by atoms with Crippen LogP contribution in [0.15, 0.2) is 54.7 Å². The van der Waals surface area contributed by atoms with Crippen LogP contribution in [0.5, 0.6) is 5.75 Å². The Bertz CT molecular complexity index is 1390. The molecule has 0 radical (unpaired) electrons. The van der Waals surface area contributed by atoms with Crippen LogP contribution >= 0.6 is 7.60 Å². The summed E-state index contributed by atoms with van der Waals surface area (Å²) in [6.45, 7) is 1.28. The lowest BCUT2D eigenvalue weighted by atomic mass is 10.1. The summed E-state index contributed by atoms with van der Waals surface area (Å²) in [4.78, 5) is 57.7. The van der Waals surface area contributed by atoms with Crippen LogP contribution in [0.2, 0.25) is 0 Å². The van der Waals surface area contributed by atoms with Gasteiger partial charge in [0.25, 0.3) is 0 Å². The Balaban J connectivity index is 1.48. The van der Waals surface area contributed by atoms with Gasteiger partial charge in [0, 0.05) is 35.6 Å². The quantitative estimate of drug-likeness (QED) is 0.263. The number of hydrogen-bond donors (Lipinski definition) is 3. The van der Waals surface area contributed by atoms with Crippen LogP contribution in [0.4, 0.5) is 4.39 Å². The van der Waals surface area contributed by atoms with E-state index in [0.29, 0.717) is 23.9 Å². The van der Waals surface area contributed by atoms with Crippen molar-refractivity contribution in [1.29, 1.82) is 0 Å². The van der Waals surface area contributed by atoms with Gasteiger partial charge in [-0.25, -0.2) is 4.39 Å². The highest BCUT2D eigenvalue weighted by atomic mass is 31.2. The SMILES string of the molecule is CC(=O)c1cn(CC(=O)N2C[C@H](F)C[C@H]2C(=O)NCCc2ccccc2)c2ccc(OCP(=O)(O)O)cc12. The molecule has 0 spiro atoms. The summed E-state index contributed by atoms with van der Waals surface area (Å²) in [5.41, 5.74) is 1.84. The van der Waals surface area contributed by atoms with Crippen molar-refractivity contribution in [2.45, 2.75) is 38.5 Å². The second kappa shape index (κ2) is 11.5. The van der Waals surface area contributed by atoms with E-state index >= 15 is 0 Å². The fraction of sp³-hybridized carbons (Fsp3) is 0.346. The van der Waals surface area contributed by atoms with Crippen molar-refractivity contribution in [1.82, 2.24) is 14.8 Å². The second-order valence-corrected chi connectivity index (χ2v) is 10.9. The van der Waals surface area contributed by atoms with Crippen molar-refractivity contribution in [3.8, 4) is 5.75 Å². The summed E-state index contributed by atoms with van der Waals surface area (Å²) < 4.78 is 32.2. The number of ether oxygens (including phenoxy) is 1. The Hall–Kier alpha value is -3.53. The number of amides is 2. The number of fused-ring (bicyclic) bond motifs is 1. The van der Waals surface area contributed by atoms with E-state index in [1.54, 1.807) is 6.07 Å². The number of halogens is 1. The van der Waals surface area contributed by atoms with E-state index in [2.05, 4.69) is 5.32 Å². The monoisotopic (exact) mass is 545 g/mol. The molecule has 0 bridgehead atoms. The predicted octanol–water partition coefficient (Wildman–Crippen LogP) is 2.66. The molecule has 1 saturated heterocycles. The maximum Gasteiger partial charge on any atom is 0.362 e. The molecule has 2 heterocycles. The number of Topliss-reactive ketones (excluding diaryl/α,β-unsaturated/α-hetero) is 1. The van der Waals surface area contributed by atoms with Gasteiger partial charge in [-0.1, -0.05) is 30.3 Å². The predicted molar refractivity (Wildman–Crippen MR) is 138 cm³/mol. The van der Waals surface area contributed by atoms with E-state index < -0.39 is 38.0 Å². The van der Waals surface area contributed by atoms with E-state index in [9.17, 15) is 23.3 Å². The van der Waals surface area contributed by atoms with Crippen LogP contribution in [-0.4, -0.2) is 68.5 Å². The van der Waals surface area contributed by atoms with Crippen LogP contribution in [-0.2, 0) is 27.1 Å². The van der Waals surface area contributed by atoms with Gasteiger partial charge in [-0.05, 0) is 37.1 Å². The van der Waals surface area contributed by atoms with E-state index in [4.69, 9.17) is 14.5 Å². The minimum atomic E-state index is -4.40. The van der Waals surface area contributed by atoms with Crippen molar-refractivity contribution in [3.05, 3.63) is 65.9 Å². The third-order valence-electron chi connectivity index (χ3n) is 6.37. The Morgan fingerprint density at radius 1 is 1.16 bits per heavy atom. The molecule has 1 fully saturated rings. The third-order valence-corrected chi connectivity index (χ3v) is 6.83. The van der Waals surface area contributed by atoms with Crippen molar-refractivity contribution < 1.29 is 37.9 Å². The smallest absolute Gasteiger partial charge is 0.362 e. The Labute approximate surface area is 218 Å². The lowest BCUT2D eigenvalue weighted by molar-refractivity contribution is -0.138. The van der Waals surface area contributed by atoms with E-state index in [1.807, 2.05) is 30.3 Å². The number of aromatic nitrogens is 1. The summed E-state index contributed by atoms with van der Waals surface area (Å²) in [5.74, 6) is -1.02. The zero-order valence-electron chi connectivity index (χ0n) is 20.7. The molecule has 2 amide bonds. The Morgan fingerprint density at radius 2 is 1.89 bits per heavy atom. The van der Waals surface area contributed by atoms with Crippen LogP contribution in [0.3, 0.4) is 0 Å². The van der Waals surface area contributed by atoms with Crippen LogP contribution in [0.25, 0.3) is 10.9 Å². The first kappa shape index (κ1) is 27.5. The number of nitrogens with one attached hydrogen (secondary N) is 1. The highest BCUT2D eigenvalue weighted by Crippen LogP contribution is 2.35. The molecule has 3 aromatic rings. The summed E-state index contributed by atoms with van der Waals surface area (Å²) in [6, 6.07) is 13.2. The van der Waals surface area contributed by atoms with Gasteiger partial charge in [0.15, 0.2) is 12.1 Å². The fourth-order valence-electron chi connectivity index (χ4n) is 4.57. The standard InChI is InChI=1S/C26H29FN3O7P/c1-17(31)22-14-29(23-8-7-20(12-21(22)23)37-16-38(34,35)36)15-25(32)30-13-19(27)11-24(30)26(33)28-10-9-18-5-3-2-4-6-18/h2-8,12,14,19,24H,9-11,13,15-16H2,1H3,(H,28,33)(H2,34,35,36)/t19-,24+/m1/s1. The van der Waals surface area contributed by atoms with Gasteiger partial charge in [-0.15, -0.1) is 0 Å². The molecular formula is C26H29FN3O7P. The van der Waals surface area contributed by atoms with Gasteiger partial charge in [0.05, 0.1) is 6.54 Å². The third kappa shape index (κ3) is 6.66. The lowest BCUT2D eigenvalue weighted by Crippen LogP contribution is -2.47. The molecule has 38 heavy (non-hydrogen) atoms. The Kier molecular flexibility index (Phi) is 8.30. The molecule has 12 heteroatoms. The first-order valence-electron chi connectivity index (χ1n) is 12.1. The topological polar surface area (TPSA) is 138 Å². The molecule has 2 atom stereocenters. The highest BCUT2D eigenvalue weighted by Gasteiger charge is 2.39. The molecule has 1 aliphatic rings. The number of alkyl halides is 1. The first-order valence-corrected chi connectivity index (χ1v) is 13.9. The highest BCUT2D eigenvalue weighted by molar-refractivity contribution is 7.51. The molecule has 202 valence electrons. The van der Waals surface area contributed by atoms with E-state index in [1.165, 1.54) is 34.7 Å². The summed E-state index contributed by atoms with van der Waals surface area (Å²) >= 11 is 0. The van der Waals surface area contributed by atoms with E-state index in [0.717, 1.165) is 5.56 Å². The van der Waals surface area contributed by atoms with E-state index in [-0.39, 0.29) is 36.6 Å². The van der Waals surface area contributed by atoms with Gasteiger partial charge in [0.2, 0.25) is 11.8 Å². The zero-order chi connectivity index (χ0) is 27.4. The lowest BCUT2D eigenvalue weighted by Gasteiger charge is -2.24. The molecule has 1 aromatic heterocycles. The molecular weight excluding hydrogens is 516 g/mol. The van der Waals surface area contributed by atoms with Gasteiger partial charge in [-0.3, -0.25) is 18.9 Å². The number of hydrogen-bond acceptors (Lipinski definition) is 5. The molecule has 0 saturated carbocycles. The second-order valence-electron chi connectivity index (χ2n) is 9.27. The largest absolute Gasteiger partial charge is 0.481 e. The van der Waals surface area contributed by atoms with Gasteiger partial charge < -0.3 is 29.3 Å². The normalized spacial score (nSPS) is 17.5. The first-order chi connectivity index (χ1) is 18.0. The van der Waals surface area contributed by atoms with Gasteiger partial charge in [-0.2, -0.15) is 0 Å². The van der Waals surface area contributed by atoms with Crippen molar-refractivity contribution in [2.24, 2.45) is 0 Å². The minimum absolute atomic E-state index is 0.0890. The molecule has 4 rings (SSSR count). The number of rotatable bonds is 10. The average Bonchev–Trinajstić information content (AvgIpc) is 3.43. The molecule has 0 unspecified atom stereocenters. The van der Waals surface area contributed by atoms with Crippen molar-refractivity contribution >= 4 is 36.1 Å². The average molecular weight is 546 g/mol. The van der Waals surface area contributed by atoms with Crippen molar-refractivity contribution in [3.63, 3.8) is 0 Å². The van der Waals surface area contributed by atoms with Crippen LogP contribution in [0, 0.1) is 0 Å².